The molecule has 2 aliphatic rings. The number of hydrogen-bond acceptors (Lipinski definition) is 8. The summed E-state index contributed by atoms with van der Waals surface area (Å²) in [7, 11) is 0. The molecule has 2 saturated heterocycles. The molecule has 4 aromatic heterocycles. The van der Waals surface area contributed by atoms with E-state index >= 15 is 0 Å². The van der Waals surface area contributed by atoms with Crippen LogP contribution in [0.5, 0.6) is 0 Å². The van der Waals surface area contributed by atoms with Gasteiger partial charge in [-0.15, -0.1) is 0 Å². The number of pyridine rings is 4. The van der Waals surface area contributed by atoms with Gasteiger partial charge in [-0.25, -0.2) is 19.6 Å². The van der Waals surface area contributed by atoms with Crippen LogP contribution in [0.4, 0.5) is 26.8 Å². The number of anilines is 3. The number of carbonyl (C=O) groups is 2. The first-order valence-corrected chi connectivity index (χ1v) is 17.1. The zero-order valence-electron chi connectivity index (χ0n) is 25.6. The van der Waals surface area contributed by atoms with Crippen molar-refractivity contribution in [3.63, 3.8) is 0 Å². The Kier molecular flexibility index (Phi) is 15.1. The van der Waals surface area contributed by atoms with E-state index < -0.39 is 0 Å². The van der Waals surface area contributed by atoms with Crippen molar-refractivity contribution in [1.29, 1.82) is 0 Å². The van der Waals surface area contributed by atoms with E-state index in [9.17, 15) is 9.59 Å². The summed E-state index contributed by atoms with van der Waals surface area (Å²) < 4.78 is 1.98. The van der Waals surface area contributed by atoms with Crippen molar-refractivity contribution < 1.29 is 9.59 Å². The van der Waals surface area contributed by atoms with Crippen molar-refractivity contribution in [1.82, 2.24) is 35.9 Å². The molecule has 2 aliphatic heterocycles. The Bertz CT molecular complexity index is 1510. The van der Waals surface area contributed by atoms with E-state index in [1.54, 1.807) is 55.4 Å². The van der Waals surface area contributed by atoms with Crippen LogP contribution in [0.15, 0.2) is 94.7 Å². The lowest BCUT2D eigenvalue weighted by Crippen LogP contribution is -2.46. The minimum absolute atomic E-state index is 0.153. The maximum atomic E-state index is 12.0. The quantitative estimate of drug-likeness (QED) is 0.144. The molecule has 248 valence electrons. The Labute approximate surface area is 296 Å². The summed E-state index contributed by atoms with van der Waals surface area (Å²) in [4.78, 5) is 41.9. The highest BCUT2D eigenvalue weighted by atomic mass is 79.9. The number of urea groups is 2. The zero-order chi connectivity index (χ0) is 33.3. The van der Waals surface area contributed by atoms with Gasteiger partial charge < -0.3 is 31.5 Å². The molecule has 15 heteroatoms. The van der Waals surface area contributed by atoms with Gasteiger partial charge in [0, 0.05) is 58.9 Å². The third kappa shape index (κ3) is 13.8. The highest BCUT2D eigenvalue weighted by Gasteiger charge is 2.21. The molecule has 0 bridgehead atoms. The normalized spacial score (nSPS) is 14.7. The van der Waals surface area contributed by atoms with Gasteiger partial charge in [-0.3, -0.25) is 9.97 Å². The van der Waals surface area contributed by atoms with Crippen molar-refractivity contribution in [3.05, 3.63) is 99.8 Å². The molecule has 2 fully saturated rings. The van der Waals surface area contributed by atoms with E-state index in [1.165, 1.54) is 0 Å². The van der Waals surface area contributed by atoms with Gasteiger partial charge in [0.1, 0.15) is 11.0 Å². The molecule has 4 aromatic rings. The number of aromatic nitrogens is 4. The average Bonchev–Trinajstić information content (AvgIpc) is 3.07. The summed E-state index contributed by atoms with van der Waals surface area (Å²) in [6, 6.07) is 14.8. The summed E-state index contributed by atoms with van der Waals surface area (Å²) in [5.74, 6) is 0.970. The number of nitrogens with zero attached hydrogens (tertiary/aromatic N) is 5. The van der Waals surface area contributed by atoms with Gasteiger partial charge in [0.2, 0.25) is 0 Å². The van der Waals surface area contributed by atoms with Crippen molar-refractivity contribution in [3.8, 4) is 0 Å². The van der Waals surface area contributed by atoms with E-state index in [0.29, 0.717) is 16.5 Å². The second kappa shape index (κ2) is 19.7. The summed E-state index contributed by atoms with van der Waals surface area (Å²) >= 11 is 12.2. The summed E-state index contributed by atoms with van der Waals surface area (Å²) in [5, 5.41) is 15.3. The van der Waals surface area contributed by atoms with Crippen LogP contribution in [0.25, 0.3) is 0 Å². The summed E-state index contributed by atoms with van der Waals surface area (Å²) in [6.45, 7) is 3.69. The van der Waals surface area contributed by atoms with Crippen LogP contribution in [0.2, 0.25) is 5.15 Å². The molecule has 12 nitrogen and oxygen atoms in total. The van der Waals surface area contributed by atoms with Crippen molar-refractivity contribution in [2.45, 2.75) is 37.8 Å². The third-order valence-electron chi connectivity index (χ3n) is 7.06. The monoisotopic (exact) mass is 786 g/mol. The first-order chi connectivity index (χ1) is 22.8. The first kappa shape index (κ1) is 36.0. The van der Waals surface area contributed by atoms with Crippen molar-refractivity contribution in [2.75, 3.05) is 41.7 Å². The number of rotatable bonds is 5. The minimum Gasteiger partial charge on any atom is -0.356 e. The average molecular weight is 789 g/mol. The van der Waals surface area contributed by atoms with E-state index in [1.807, 2.05) is 30.3 Å². The molecule has 0 aliphatic carbocycles. The second-order valence-electron chi connectivity index (χ2n) is 10.6. The van der Waals surface area contributed by atoms with Crippen LogP contribution >= 0.6 is 43.5 Å². The van der Waals surface area contributed by atoms with Gasteiger partial charge >= 0.3 is 12.1 Å². The molecule has 0 spiro atoms. The lowest BCUT2D eigenvalue weighted by molar-refractivity contribution is 0.244. The topological polar surface area (TPSA) is 149 Å². The van der Waals surface area contributed by atoms with Gasteiger partial charge in [-0.05, 0) is 87.3 Å². The Morgan fingerprint density at radius 2 is 1.28 bits per heavy atom. The van der Waals surface area contributed by atoms with Gasteiger partial charge in [-0.1, -0.05) is 43.5 Å². The Morgan fingerprint density at radius 3 is 1.74 bits per heavy atom. The first-order valence-electron chi connectivity index (χ1n) is 15.1. The molecule has 5 N–H and O–H groups in total. The molecule has 0 aromatic carbocycles. The number of amides is 4. The molecule has 6 rings (SSSR count). The molecule has 0 saturated carbocycles. The predicted molar refractivity (Wildman–Crippen MR) is 193 cm³/mol. The van der Waals surface area contributed by atoms with Gasteiger partial charge in [0.25, 0.3) is 0 Å². The highest BCUT2D eigenvalue weighted by molar-refractivity contribution is 9.10. The Balaban J connectivity index is 0.000000180. The van der Waals surface area contributed by atoms with E-state index in [4.69, 9.17) is 11.6 Å². The third-order valence-corrected chi connectivity index (χ3v) is 8.26. The molecule has 0 unspecified atom stereocenters. The van der Waals surface area contributed by atoms with Crippen LogP contribution in [-0.4, -0.2) is 70.3 Å². The molecule has 4 amide bonds. The van der Waals surface area contributed by atoms with E-state index in [-0.39, 0.29) is 24.1 Å². The Hall–Kier alpha value is -3.85. The molecule has 0 radical (unpaired) electrons. The standard InChI is InChI=1S/C16H18BrN5O.C11H16N4O.C5H3BrClN/c17-12-3-7-19-15(10-12)22-8-4-13(5-9-22)20-16(23)21-14-2-1-6-18-11-14;16-11(14-9-3-6-12-7-4-9)15-10-2-1-5-13-8-10;6-4-1-2-8-5(7)3-4/h1-3,6-7,10-11,13H,4-5,8-9H2,(H2,20,21,23);1-2,5,8-9,12H,3-4,6-7H2,(H2,14,15,16);1-3H. The smallest absolute Gasteiger partial charge is 0.319 e. The van der Waals surface area contributed by atoms with Crippen LogP contribution in [-0.2, 0) is 0 Å². The van der Waals surface area contributed by atoms with E-state index in [0.717, 1.165) is 66.6 Å². The zero-order valence-corrected chi connectivity index (χ0v) is 29.5. The van der Waals surface area contributed by atoms with Crippen LogP contribution in [0.3, 0.4) is 0 Å². The number of piperidine rings is 2. The fraction of sp³-hybridized carbons (Fsp3) is 0.312. The maximum Gasteiger partial charge on any atom is 0.319 e. The fourth-order valence-electron chi connectivity index (χ4n) is 4.74. The highest BCUT2D eigenvalue weighted by Crippen LogP contribution is 2.21. The SMILES string of the molecule is Clc1cc(Br)ccn1.O=C(Nc1cccnc1)NC1CCN(c2cc(Br)ccn2)CC1.O=C(Nc1cccnc1)NC1CCNCC1. The van der Waals surface area contributed by atoms with Crippen LogP contribution < -0.4 is 31.5 Å². The van der Waals surface area contributed by atoms with Gasteiger partial charge in [0.05, 0.1) is 23.8 Å². The predicted octanol–water partition coefficient (Wildman–Crippen LogP) is 6.48. The maximum absolute atomic E-state index is 12.0. The number of carbonyl (C=O) groups excluding carboxylic acids is 2. The van der Waals surface area contributed by atoms with Gasteiger partial charge in [0.15, 0.2) is 0 Å². The molecular formula is C32H37Br2ClN10O2. The van der Waals surface area contributed by atoms with Crippen molar-refractivity contribution >= 4 is 72.7 Å². The fourth-order valence-corrected chi connectivity index (χ4v) is 5.71. The molecule has 47 heavy (non-hydrogen) atoms. The second-order valence-corrected chi connectivity index (χ2v) is 12.8. The molecule has 6 heterocycles. The minimum atomic E-state index is -0.183. The molecular weight excluding hydrogens is 752 g/mol. The number of nitrogens with one attached hydrogen (secondary N) is 5. The number of halogens is 3. The summed E-state index contributed by atoms with van der Waals surface area (Å²) in [5.41, 5.74) is 1.41. The summed E-state index contributed by atoms with van der Waals surface area (Å²) in [6.07, 6.45) is 13.8. The lowest BCUT2D eigenvalue weighted by atomic mass is 10.1. The Morgan fingerprint density at radius 1 is 0.745 bits per heavy atom. The van der Waals surface area contributed by atoms with E-state index in [2.05, 4.69) is 83.3 Å². The van der Waals surface area contributed by atoms with Crippen LogP contribution in [0, 0.1) is 0 Å². The molecule has 0 atom stereocenters. The van der Waals surface area contributed by atoms with Crippen molar-refractivity contribution in [2.24, 2.45) is 0 Å². The largest absolute Gasteiger partial charge is 0.356 e. The lowest BCUT2D eigenvalue weighted by Gasteiger charge is -2.33. The van der Waals surface area contributed by atoms with Gasteiger partial charge in [-0.2, -0.15) is 0 Å². The number of hydrogen-bond donors (Lipinski definition) is 5. The van der Waals surface area contributed by atoms with Crippen LogP contribution in [0.1, 0.15) is 25.7 Å².